The maximum Gasteiger partial charge on any atom is 0.0462 e. The molecule has 2 heteroatoms. The van der Waals surface area contributed by atoms with Crippen LogP contribution in [0.1, 0.15) is 73.7 Å². The lowest BCUT2D eigenvalue weighted by atomic mass is 9.68. The quantitative estimate of drug-likeness (QED) is 0.0630. The highest BCUT2D eigenvalue weighted by molar-refractivity contribution is 5.91. The first-order valence-corrected chi connectivity index (χ1v) is 35.0. The zero-order valence-corrected chi connectivity index (χ0v) is 57.3. The molecule has 486 valence electrons. The summed E-state index contributed by atoms with van der Waals surface area (Å²) < 4.78 is 0. The van der Waals surface area contributed by atoms with Crippen molar-refractivity contribution < 1.29 is 0 Å². The SMILES string of the molecule is C=CC1=C(/C=C\C)c2ccc(-c3ccc(N(c4ccccc4)c4ccc(-c5ccc(N(c6ccccc6)c6ccc(-c7ccc8c(c7)C(Cc7ccc(C=C)cc7)(Cc7ccc(C=C)cc7)c7ccccc7-8)cc6)cc5)cc4)cc3)cc2C1(Cc1ccc(C=C)cc1)Cc1ccc(C=C)cc1. The zero-order chi connectivity index (χ0) is 68.9. The molecule has 0 aromatic heterocycles. The van der Waals surface area contributed by atoms with Crippen LogP contribution >= 0.6 is 0 Å². The number of hydrogen-bond donors (Lipinski definition) is 0. The van der Waals surface area contributed by atoms with Crippen LogP contribution < -0.4 is 9.80 Å². The molecule has 0 fully saturated rings. The standard InChI is InChI=1S/C99H80N2/c1-7-21-90-92-62-52-82(64-96(92)98(94(90)12-6,66-74-36-28-70(8-2)29-37-74)67-75-38-30-71(9-3)31-39-75)80-48-58-88(59-49-80)100(84-22-15-13-16-23-84)86-54-44-78(45-55-86)79-46-56-87(57-47-79)101(85-24-17-14-18-25-85)89-60-50-81(51-61-89)83-53-63-93-91-26-19-20-27-95(91)99(97(93)65-83,68-76-40-32-72(10-4)33-41-76)69-77-42-34-73(11-5)35-43-77/h7-65H,2-6,66-69H2,1H3/b21-7-. The fourth-order valence-electron chi connectivity index (χ4n) is 15.8. The third kappa shape index (κ3) is 12.6. The molecule has 0 bridgehead atoms. The molecule has 0 atom stereocenters. The van der Waals surface area contributed by atoms with E-state index in [0.29, 0.717) is 0 Å². The van der Waals surface area contributed by atoms with Gasteiger partial charge in [-0.2, -0.15) is 0 Å². The largest absolute Gasteiger partial charge is 0.311 e. The Morgan fingerprint density at radius 2 is 0.564 bits per heavy atom. The van der Waals surface area contributed by atoms with E-state index in [-0.39, 0.29) is 10.8 Å². The number of nitrogens with zero attached hydrogens (tertiary/aromatic N) is 2. The van der Waals surface area contributed by atoms with E-state index in [9.17, 15) is 0 Å². The average molecular weight is 1300 g/mol. The lowest BCUT2D eigenvalue weighted by Gasteiger charge is -2.34. The van der Waals surface area contributed by atoms with Gasteiger partial charge in [0, 0.05) is 45.0 Å². The van der Waals surface area contributed by atoms with Crippen LogP contribution in [0.3, 0.4) is 0 Å². The summed E-state index contributed by atoms with van der Waals surface area (Å²) in [5.74, 6) is 0. The second kappa shape index (κ2) is 28.2. The molecule has 15 rings (SSSR count). The molecule has 0 saturated carbocycles. The van der Waals surface area contributed by atoms with Crippen molar-refractivity contribution in [1.29, 1.82) is 0 Å². The van der Waals surface area contributed by atoms with Crippen molar-refractivity contribution >= 4 is 64.0 Å². The van der Waals surface area contributed by atoms with Gasteiger partial charge in [0.1, 0.15) is 0 Å². The molecule has 2 aliphatic rings. The fraction of sp³-hybridized carbons (Fsp3) is 0.0707. The van der Waals surface area contributed by atoms with Gasteiger partial charge < -0.3 is 9.80 Å². The predicted molar refractivity (Wildman–Crippen MR) is 433 cm³/mol. The lowest BCUT2D eigenvalue weighted by molar-refractivity contribution is 0.516. The van der Waals surface area contributed by atoms with Gasteiger partial charge in [0.05, 0.1) is 0 Å². The highest BCUT2D eigenvalue weighted by atomic mass is 15.1. The summed E-state index contributed by atoms with van der Waals surface area (Å²) in [5.41, 5.74) is 32.7. The molecule has 0 heterocycles. The molecule has 0 spiro atoms. The van der Waals surface area contributed by atoms with Gasteiger partial charge >= 0.3 is 0 Å². The fourth-order valence-corrected chi connectivity index (χ4v) is 15.8. The summed E-state index contributed by atoms with van der Waals surface area (Å²) in [6.45, 7) is 22.8. The molecule has 0 unspecified atom stereocenters. The Morgan fingerprint density at radius 3 is 0.921 bits per heavy atom. The van der Waals surface area contributed by atoms with Gasteiger partial charge in [-0.3, -0.25) is 0 Å². The van der Waals surface area contributed by atoms with E-state index in [2.05, 4.69) is 383 Å². The van der Waals surface area contributed by atoms with Gasteiger partial charge in [-0.25, -0.2) is 0 Å². The number of hydrogen-bond acceptors (Lipinski definition) is 2. The van der Waals surface area contributed by atoms with Gasteiger partial charge in [0.25, 0.3) is 0 Å². The van der Waals surface area contributed by atoms with E-state index in [4.69, 9.17) is 0 Å². The number of fused-ring (bicyclic) bond motifs is 4. The number of para-hydroxylation sites is 2. The van der Waals surface area contributed by atoms with Crippen LogP contribution in [-0.2, 0) is 36.5 Å². The highest BCUT2D eigenvalue weighted by Crippen LogP contribution is 2.55. The molecule has 0 radical (unpaired) electrons. The summed E-state index contributed by atoms with van der Waals surface area (Å²) in [6.07, 6.45) is 17.5. The summed E-state index contributed by atoms with van der Waals surface area (Å²) in [5, 5.41) is 0. The third-order valence-electron chi connectivity index (χ3n) is 20.9. The third-order valence-corrected chi connectivity index (χ3v) is 20.9. The first kappa shape index (κ1) is 64.6. The van der Waals surface area contributed by atoms with E-state index in [1.165, 1.54) is 83.5 Å². The molecule has 13 aromatic rings. The first-order valence-electron chi connectivity index (χ1n) is 35.0. The molecule has 13 aromatic carbocycles. The number of rotatable bonds is 23. The topological polar surface area (TPSA) is 6.48 Å². The number of benzene rings is 13. The first-order chi connectivity index (χ1) is 49.7. The highest BCUT2D eigenvalue weighted by Gasteiger charge is 2.45. The average Bonchev–Trinajstić information content (AvgIpc) is 1.57. The van der Waals surface area contributed by atoms with Gasteiger partial charge in [0.2, 0.25) is 0 Å². The molecular weight excluding hydrogens is 1220 g/mol. The van der Waals surface area contributed by atoms with E-state index in [1.807, 2.05) is 24.3 Å². The Labute approximate surface area is 596 Å². The van der Waals surface area contributed by atoms with E-state index in [0.717, 1.165) is 98.8 Å². The summed E-state index contributed by atoms with van der Waals surface area (Å²) in [6, 6.07) is 116. The van der Waals surface area contributed by atoms with E-state index in [1.54, 1.807) is 0 Å². The Morgan fingerprint density at radius 1 is 0.267 bits per heavy atom. The minimum absolute atomic E-state index is 0.308. The zero-order valence-electron chi connectivity index (χ0n) is 57.3. The van der Waals surface area contributed by atoms with Gasteiger partial charge in [0.15, 0.2) is 0 Å². The molecular formula is C99H80N2. The van der Waals surface area contributed by atoms with E-state index < -0.39 is 0 Å². The van der Waals surface area contributed by atoms with Crippen LogP contribution in [0.15, 0.2) is 372 Å². The van der Waals surface area contributed by atoms with Gasteiger partial charge in [-0.15, -0.1) is 0 Å². The van der Waals surface area contributed by atoms with Crippen LogP contribution in [0.25, 0.3) is 74.4 Å². The molecule has 0 aliphatic heterocycles. The second-order valence-electron chi connectivity index (χ2n) is 26.8. The minimum Gasteiger partial charge on any atom is -0.311 e. The van der Waals surface area contributed by atoms with Crippen molar-refractivity contribution in [3.63, 3.8) is 0 Å². The summed E-state index contributed by atoms with van der Waals surface area (Å²) >= 11 is 0. The summed E-state index contributed by atoms with van der Waals surface area (Å²) in [7, 11) is 0. The maximum absolute atomic E-state index is 4.51. The normalized spacial score (nSPS) is 13.0. The molecule has 2 nitrogen and oxygen atoms in total. The van der Waals surface area contributed by atoms with Crippen molar-refractivity contribution in [3.8, 4) is 44.5 Å². The van der Waals surface area contributed by atoms with Crippen LogP contribution in [0.4, 0.5) is 34.1 Å². The minimum atomic E-state index is -0.389. The molecule has 0 amide bonds. The van der Waals surface area contributed by atoms with Crippen molar-refractivity contribution in [2.45, 2.75) is 43.4 Å². The van der Waals surface area contributed by atoms with Gasteiger partial charge in [-0.05, 0) is 240 Å². The number of allylic oxidation sites excluding steroid dienone is 5. The smallest absolute Gasteiger partial charge is 0.0462 e. The van der Waals surface area contributed by atoms with Gasteiger partial charge in [-0.1, -0.05) is 306 Å². The van der Waals surface area contributed by atoms with E-state index >= 15 is 0 Å². The Balaban J connectivity index is 0.712. The van der Waals surface area contributed by atoms with Crippen LogP contribution in [-0.4, -0.2) is 0 Å². The summed E-state index contributed by atoms with van der Waals surface area (Å²) in [4.78, 5) is 4.70. The van der Waals surface area contributed by atoms with Crippen molar-refractivity contribution in [2.24, 2.45) is 0 Å². The molecule has 0 N–H and O–H groups in total. The molecule has 0 saturated heterocycles. The molecule has 101 heavy (non-hydrogen) atoms. The monoisotopic (exact) mass is 1300 g/mol. The van der Waals surface area contributed by atoms with Crippen LogP contribution in [0.5, 0.6) is 0 Å². The Kier molecular flexibility index (Phi) is 18.1. The predicted octanol–water partition coefficient (Wildman–Crippen LogP) is 26.2. The van der Waals surface area contributed by atoms with Crippen LogP contribution in [0.2, 0.25) is 0 Å². The maximum atomic E-state index is 4.51. The lowest BCUT2D eigenvalue weighted by Crippen LogP contribution is -2.32. The molecule has 2 aliphatic carbocycles. The van der Waals surface area contributed by atoms with Crippen molar-refractivity contribution in [2.75, 3.05) is 9.80 Å². The second-order valence-corrected chi connectivity index (χ2v) is 26.8. The Bertz CT molecular complexity index is 5140. The van der Waals surface area contributed by atoms with Crippen molar-refractivity contribution in [1.82, 2.24) is 0 Å². The van der Waals surface area contributed by atoms with Crippen molar-refractivity contribution in [3.05, 3.63) is 439 Å². The number of anilines is 6. The van der Waals surface area contributed by atoms with Crippen LogP contribution in [0, 0.1) is 0 Å². The Hall–Kier alpha value is -12.4.